The molecule has 1 heterocycles. The molecule has 0 aromatic heterocycles. The van der Waals surface area contributed by atoms with Crippen molar-refractivity contribution in [2.24, 2.45) is 5.92 Å². The minimum Gasteiger partial charge on any atom is -0.314 e. The maximum Gasteiger partial charge on any atom is 0.0476 e. The Kier molecular flexibility index (Phi) is 4.61. The third kappa shape index (κ3) is 2.38. The van der Waals surface area contributed by atoms with Gasteiger partial charge in [-0.1, -0.05) is 27.7 Å². The zero-order valence-corrected chi connectivity index (χ0v) is 12.4. The predicted molar refractivity (Wildman–Crippen MR) is 72.3 cm³/mol. The molecule has 1 fully saturated rings. The molecule has 3 nitrogen and oxygen atoms in total. The van der Waals surface area contributed by atoms with Gasteiger partial charge in [0.05, 0.1) is 0 Å². The normalized spacial score (nSPS) is 43.9. The summed E-state index contributed by atoms with van der Waals surface area (Å²) >= 11 is 0. The van der Waals surface area contributed by atoms with E-state index in [0.29, 0.717) is 12.0 Å². The highest BCUT2D eigenvalue weighted by molar-refractivity contribution is 5.05. The van der Waals surface area contributed by atoms with Crippen molar-refractivity contribution in [1.82, 2.24) is 10.4 Å². The fourth-order valence-electron chi connectivity index (χ4n) is 3.26. The highest BCUT2D eigenvalue weighted by Crippen LogP contribution is 2.44. The zero-order valence-electron chi connectivity index (χ0n) is 12.4. The second-order valence-corrected chi connectivity index (χ2v) is 6.03. The summed E-state index contributed by atoms with van der Waals surface area (Å²) in [7, 11) is 0. The van der Waals surface area contributed by atoms with E-state index in [9.17, 15) is 5.21 Å². The number of piperidine rings is 1. The number of nitrogens with zero attached hydrogens (tertiary/aromatic N) is 1. The molecular formula is C14H30N2O. The molecule has 0 bridgehead atoms. The molecule has 0 amide bonds. The summed E-state index contributed by atoms with van der Waals surface area (Å²) < 4.78 is 0. The van der Waals surface area contributed by atoms with E-state index in [4.69, 9.17) is 0 Å². The van der Waals surface area contributed by atoms with Gasteiger partial charge in [-0.25, -0.2) is 0 Å². The van der Waals surface area contributed by atoms with Gasteiger partial charge in [-0.05, 0) is 45.6 Å². The van der Waals surface area contributed by atoms with Crippen LogP contribution in [-0.2, 0) is 0 Å². The van der Waals surface area contributed by atoms with Crippen molar-refractivity contribution >= 4 is 0 Å². The molecule has 1 saturated heterocycles. The van der Waals surface area contributed by atoms with Crippen LogP contribution < -0.4 is 5.32 Å². The lowest BCUT2D eigenvalue weighted by molar-refractivity contribution is -0.274. The van der Waals surface area contributed by atoms with Gasteiger partial charge in [-0.2, -0.15) is 5.06 Å². The van der Waals surface area contributed by atoms with Crippen molar-refractivity contribution in [1.29, 1.82) is 0 Å². The first-order valence-electron chi connectivity index (χ1n) is 7.08. The van der Waals surface area contributed by atoms with E-state index in [2.05, 4.69) is 46.9 Å². The Morgan fingerprint density at radius 2 is 1.82 bits per heavy atom. The van der Waals surface area contributed by atoms with Crippen LogP contribution in [0.2, 0.25) is 0 Å². The largest absolute Gasteiger partial charge is 0.314 e. The highest BCUT2D eigenvalue weighted by Gasteiger charge is 2.52. The van der Waals surface area contributed by atoms with Crippen molar-refractivity contribution in [2.45, 2.75) is 77.9 Å². The van der Waals surface area contributed by atoms with Crippen molar-refractivity contribution in [3.63, 3.8) is 0 Å². The van der Waals surface area contributed by atoms with Gasteiger partial charge in [-0.3, -0.25) is 0 Å². The van der Waals surface area contributed by atoms with Gasteiger partial charge in [0.15, 0.2) is 0 Å². The Labute approximate surface area is 107 Å². The van der Waals surface area contributed by atoms with Crippen LogP contribution in [0.5, 0.6) is 0 Å². The Morgan fingerprint density at radius 3 is 2.24 bits per heavy atom. The van der Waals surface area contributed by atoms with Crippen molar-refractivity contribution in [3.05, 3.63) is 0 Å². The third-order valence-electron chi connectivity index (χ3n) is 5.18. The van der Waals surface area contributed by atoms with Crippen LogP contribution in [0.15, 0.2) is 0 Å². The molecule has 1 rings (SSSR count). The smallest absolute Gasteiger partial charge is 0.0476 e. The standard InChI is InChI=1S/C14H30N2O/c1-7-13(5)10-12(15-9-3)11(4)14(6,8-2)16(13)17/h11-12,15,17H,7-10H2,1-6H3. The first kappa shape index (κ1) is 14.9. The summed E-state index contributed by atoms with van der Waals surface area (Å²) in [5.41, 5.74) is -0.236. The lowest BCUT2D eigenvalue weighted by Gasteiger charge is -2.57. The van der Waals surface area contributed by atoms with Crippen LogP contribution in [0.25, 0.3) is 0 Å². The van der Waals surface area contributed by atoms with Crippen molar-refractivity contribution in [3.8, 4) is 0 Å². The first-order valence-corrected chi connectivity index (χ1v) is 7.08. The average molecular weight is 242 g/mol. The molecule has 0 saturated carbocycles. The van der Waals surface area contributed by atoms with Gasteiger partial charge >= 0.3 is 0 Å². The van der Waals surface area contributed by atoms with Crippen LogP contribution in [0.4, 0.5) is 0 Å². The first-order chi connectivity index (χ1) is 7.85. The summed E-state index contributed by atoms with van der Waals surface area (Å²) in [6.45, 7) is 14.1. The van der Waals surface area contributed by atoms with Crippen molar-refractivity contribution < 1.29 is 5.21 Å². The molecule has 0 aromatic rings. The molecule has 0 spiro atoms. The van der Waals surface area contributed by atoms with Crippen LogP contribution in [0, 0.1) is 5.92 Å². The Hall–Kier alpha value is -0.120. The molecule has 0 radical (unpaired) electrons. The van der Waals surface area contributed by atoms with Gasteiger partial charge in [0, 0.05) is 17.1 Å². The number of hydroxylamine groups is 2. The fraction of sp³-hybridized carbons (Fsp3) is 1.00. The summed E-state index contributed by atoms with van der Waals surface area (Å²) in [6.07, 6.45) is 2.97. The van der Waals surface area contributed by atoms with Gasteiger partial charge < -0.3 is 10.5 Å². The van der Waals surface area contributed by atoms with Gasteiger partial charge in [0.25, 0.3) is 0 Å². The Bertz CT molecular complexity index is 259. The molecule has 17 heavy (non-hydrogen) atoms. The SMILES string of the molecule is CCNC1CC(C)(CC)N(O)C(C)(CC)C1C. The van der Waals surface area contributed by atoms with Crippen LogP contribution in [0.1, 0.15) is 60.8 Å². The lowest BCUT2D eigenvalue weighted by atomic mass is 9.68. The molecule has 102 valence electrons. The van der Waals surface area contributed by atoms with E-state index in [1.54, 1.807) is 5.06 Å². The minimum atomic E-state index is -0.129. The van der Waals surface area contributed by atoms with E-state index >= 15 is 0 Å². The molecule has 3 heteroatoms. The molecule has 4 unspecified atom stereocenters. The van der Waals surface area contributed by atoms with Gasteiger partial charge in [0.1, 0.15) is 0 Å². The Balaban J connectivity index is 3.04. The molecule has 4 atom stereocenters. The summed E-state index contributed by atoms with van der Waals surface area (Å²) in [6, 6.07) is 0.498. The monoisotopic (exact) mass is 242 g/mol. The number of rotatable bonds is 4. The lowest BCUT2D eigenvalue weighted by Crippen LogP contribution is -2.68. The Morgan fingerprint density at radius 1 is 1.24 bits per heavy atom. The third-order valence-corrected chi connectivity index (χ3v) is 5.18. The van der Waals surface area contributed by atoms with E-state index < -0.39 is 0 Å². The van der Waals surface area contributed by atoms with Crippen molar-refractivity contribution in [2.75, 3.05) is 6.54 Å². The number of hydrogen-bond acceptors (Lipinski definition) is 3. The maximum atomic E-state index is 10.6. The summed E-state index contributed by atoms with van der Waals surface area (Å²) in [5, 5.41) is 15.9. The topological polar surface area (TPSA) is 35.5 Å². The predicted octanol–water partition coefficient (Wildman–Crippen LogP) is 3.03. The van der Waals surface area contributed by atoms with Gasteiger partial charge in [0.2, 0.25) is 0 Å². The molecule has 0 aliphatic carbocycles. The zero-order chi connectivity index (χ0) is 13.3. The van der Waals surface area contributed by atoms with E-state index in [1.165, 1.54) is 0 Å². The second kappa shape index (κ2) is 5.25. The quantitative estimate of drug-likeness (QED) is 0.795. The average Bonchev–Trinajstić information content (AvgIpc) is 2.33. The second-order valence-electron chi connectivity index (χ2n) is 6.03. The molecular weight excluding hydrogens is 212 g/mol. The maximum absolute atomic E-state index is 10.6. The molecule has 0 aromatic carbocycles. The summed E-state index contributed by atoms with van der Waals surface area (Å²) in [4.78, 5) is 0. The van der Waals surface area contributed by atoms with E-state index in [-0.39, 0.29) is 11.1 Å². The molecule has 1 aliphatic heterocycles. The number of hydrogen-bond donors (Lipinski definition) is 2. The highest BCUT2D eigenvalue weighted by atomic mass is 16.5. The van der Waals surface area contributed by atoms with Crippen LogP contribution >= 0.6 is 0 Å². The fourth-order valence-corrected chi connectivity index (χ4v) is 3.26. The van der Waals surface area contributed by atoms with Crippen LogP contribution in [0.3, 0.4) is 0 Å². The van der Waals surface area contributed by atoms with Crippen LogP contribution in [-0.4, -0.2) is 33.9 Å². The van der Waals surface area contributed by atoms with E-state index in [0.717, 1.165) is 25.8 Å². The minimum absolute atomic E-state index is 0.107. The van der Waals surface area contributed by atoms with E-state index in [1.807, 2.05) is 0 Å². The summed E-state index contributed by atoms with van der Waals surface area (Å²) in [5.74, 6) is 0.456. The molecule has 2 N–H and O–H groups in total. The molecule has 1 aliphatic rings. The number of nitrogens with one attached hydrogen (secondary N) is 1. The van der Waals surface area contributed by atoms with Gasteiger partial charge in [-0.15, -0.1) is 0 Å².